The molecule has 2 fully saturated rings. The van der Waals surface area contributed by atoms with Gasteiger partial charge in [0.1, 0.15) is 0 Å². The summed E-state index contributed by atoms with van der Waals surface area (Å²) in [5, 5.41) is 5.42. The van der Waals surface area contributed by atoms with Crippen LogP contribution in [-0.2, 0) is 6.54 Å². The monoisotopic (exact) mass is 360 g/mol. The zero-order valence-corrected chi connectivity index (χ0v) is 15.4. The Morgan fingerprint density at radius 3 is 2.52 bits per heavy atom. The van der Waals surface area contributed by atoms with Crippen LogP contribution in [0.3, 0.4) is 0 Å². The van der Waals surface area contributed by atoms with Crippen molar-refractivity contribution < 1.29 is 4.79 Å². The molecule has 0 N–H and O–H groups in total. The van der Waals surface area contributed by atoms with Crippen molar-refractivity contribution in [2.24, 2.45) is 0 Å². The van der Waals surface area contributed by atoms with Gasteiger partial charge >= 0.3 is 0 Å². The van der Waals surface area contributed by atoms with Crippen molar-refractivity contribution in [2.45, 2.75) is 57.2 Å². The third kappa shape index (κ3) is 3.22. The summed E-state index contributed by atoms with van der Waals surface area (Å²) in [4.78, 5) is 20.0. The molecule has 0 atom stereocenters. The van der Waals surface area contributed by atoms with E-state index in [1.165, 1.54) is 18.4 Å². The second-order valence-electron chi connectivity index (χ2n) is 7.81. The van der Waals surface area contributed by atoms with Gasteiger partial charge in [0.2, 0.25) is 0 Å². The van der Waals surface area contributed by atoms with E-state index in [1.54, 1.807) is 6.20 Å². The second kappa shape index (κ2) is 6.80. The average Bonchev–Trinajstić information content (AvgIpc) is 3.23. The van der Waals surface area contributed by atoms with E-state index in [1.807, 2.05) is 35.1 Å². The Balaban J connectivity index is 1.42. The van der Waals surface area contributed by atoms with Gasteiger partial charge in [-0.15, -0.1) is 0 Å². The molecule has 0 unspecified atom stereocenters. The summed E-state index contributed by atoms with van der Waals surface area (Å²) < 4.78 is 1.90. The van der Waals surface area contributed by atoms with Crippen LogP contribution in [0.15, 0.2) is 48.8 Å². The maximum absolute atomic E-state index is 13.2. The summed E-state index contributed by atoms with van der Waals surface area (Å²) >= 11 is 0. The van der Waals surface area contributed by atoms with E-state index in [9.17, 15) is 4.79 Å². The fourth-order valence-electron chi connectivity index (χ4n) is 4.27. The van der Waals surface area contributed by atoms with E-state index < -0.39 is 0 Å². The first-order valence-electron chi connectivity index (χ1n) is 9.98. The molecule has 1 amide bonds. The Morgan fingerprint density at radius 2 is 1.78 bits per heavy atom. The van der Waals surface area contributed by atoms with Crippen LogP contribution >= 0.6 is 0 Å². The number of amides is 1. The Labute approximate surface area is 159 Å². The highest BCUT2D eigenvalue weighted by molar-refractivity contribution is 5.97. The summed E-state index contributed by atoms with van der Waals surface area (Å²) in [6, 6.07) is 13.1. The molecule has 2 heterocycles. The maximum Gasteiger partial charge on any atom is 0.255 e. The zero-order valence-electron chi connectivity index (χ0n) is 15.4. The highest BCUT2D eigenvalue weighted by atomic mass is 16.2. The summed E-state index contributed by atoms with van der Waals surface area (Å²) in [7, 11) is 0. The largest absolute Gasteiger partial charge is 0.333 e. The molecule has 2 aliphatic carbocycles. The van der Waals surface area contributed by atoms with Crippen molar-refractivity contribution in [3.8, 4) is 0 Å². The predicted molar refractivity (Wildman–Crippen MR) is 105 cm³/mol. The molecule has 138 valence electrons. The van der Waals surface area contributed by atoms with Gasteiger partial charge in [0.15, 0.2) is 5.65 Å². The lowest BCUT2D eigenvalue weighted by molar-refractivity contribution is 0.0664. The number of fused-ring (bicyclic) bond motifs is 1. The molecule has 5 rings (SSSR count). The van der Waals surface area contributed by atoms with Crippen LogP contribution in [-0.4, -0.2) is 37.7 Å². The van der Waals surface area contributed by atoms with Gasteiger partial charge in [-0.25, -0.2) is 9.67 Å². The molecule has 2 aromatic heterocycles. The number of hydrogen-bond donors (Lipinski definition) is 0. The predicted octanol–water partition coefficient (Wildman–Crippen LogP) is 4.03. The first-order chi connectivity index (χ1) is 13.3. The summed E-state index contributed by atoms with van der Waals surface area (Å²) in [5.41, 5.74) is 2.71. The van der Waals surface area contributed by atoms with Crippen LogP contribution in [0.25, 0.3) is 11.0 Å². The van der Waals surface area contributed by atoms with Gasteiger partial charge in [-0.3, -0.25) is 4.79 Å². The topological polar surface area (TPSA) is 51.0 Å². The summed E-state index contributed by atoms with van der Waals surface area (Å²) in [5.74, 6) is 0.148. The normalized spacial score (nSPS) is 17.5. The van der Waals surface area contributed by atoms with E-state index in [2.05, 4.69) is 27.1 Å². The van der Waals surface area contributed by atoms with Crippen molar-refractivity contribution >= 4 is 16.9 Å². The van der Waals surface area contributed by atoms with Gasteiger partial charge < -0.3 is 4.90 Å². The Bertz CT molecular complexity index is 955. The number of aromatic nitrogens is 3. The van der Waals surface area contributed by atoms with Gasteiger partial charge in [0.25, 0.3) is 5.91 Å². The minimum absolute atomic E-state index is 0.148. The van der Waals surface area contributed by atoms with Crippen molar-refractivity contribution in [3.05, 3.63) is 59.9 Å². The second-order valence-corrected chi connectivity index (χ2v) is 7.81. The molecule has 0 radical (unpaired) electrons. The fraction of sp³-hybridized carbons (Fsp3) is 0.409. The first-order valence-corrected chi connectivity index (χ1v) is 9.98. The third-order valence-electron chi connectivity index (χ3n) is 5.79. The molecule has 0 spiro atoms. The first kappa shape index (κ1) is 16.5. The van der Waals surface area contributed by atoms with E-state index >= 15 is 0 Å². The molecule has 0 aliphatic heterocycles. The minimum atomic E-state index is 0.148. The lowest BCUT2D eigenvalue weighted by atomic mass is 10.1. The number of rotatable bonds is 5. The Hall–Kier alpha value is -2.69. The molecule has 0 saturated heterocycles. The van der Waals surface area contributed by atoms with Crippen LogP contribution < -0.4 is 0 Å². The third-order valence-corrected chi connectivity index (χ3v) is 5.79. The van der Waals surface area contributed by atoms with Crippen LogP contribution in [0.2, 0.25) is 0 Å². The summed E-state index contributed by atoms with van der Waals surface area (Å²) in [6.07, 6.45) is 10.6. The number of carbonyl (C=O) groups is 1. The molecular formula is C22H24N4O. The average molecular weight is 360 g/mol. The zero-order chi connectivity index (χ0) is 18.2. The Morgan fingerprint density at radius 1 is 1.04 bits per heavy atom. The highest BCUT2D eigenvalue weighted by Gasteiger charge is 2.38. The van der Waals surface area contributed by atoms with Gasteiger partial charge in [0.05, 0.1) is 18.3 Å². The van der Waals surface area contributed by atoms with Crippen LogP contribution in [0.5, 0.6) is 0 Å². The van der Waals surface area contributed by atoms with Crippen molar-refractivity contribution in [3.63, 3.8) is 0 Å². The van der Waals surface area contributed by atoms with Crippen molar-refractivity contribution in [1.82, 2.24) is 19.7 Å². The summed E-state index contributed by atoms with van der Waals surface area (Å²) in [6.45, 7) is 0.681. The number of carbonyl (C=O) groups excluding carboxylic acids is 1. The molecule has 2 saturated carbocycles. The van der Waals surface area contributed by atoms with E-state index in [0.29, 0.717) is 24.2 Å². The molecule has 3 aromatic rings. The van der Waals surface area contributed by atoms with Crippen molar-refractivity contribution in [1.29, 1.82) is 0 Å². The van der Waals surface area contributed by atoms with Gasteiger partial charge in [0, 0.05) is 23.7 Å². The van der Waals surface area contributed by atoms with E-state index in [0.717, 1.165) is 36.7 Å². The number of benzene rings is 1. The van der Waals surface area contributed by atoms with Crippen molar-refractivity contribution in [2.75, 3.05) is 0 Å². The number of pyridine rings is 1. The van der Waals surface area contributed by atoms with Crippen LogP contribution in [0, 0.1) is 0 Å². The van der Waals surface area contributed by atoms with Gasteiger partial charge in [-0.05, 0) is 37.3 Å². The minimum Gasteiger partial charge on any atom is -0.333 e. The van der Waals surface area contributed by atoms with E-state index in [4.69, 9.17) is 0 Å². The van der Waals surface area contributed by atoms with Crippen LogP contribution in [0.4, 0.5) is 0 Å². The number of nitrogens with zero attached hydrogens (tertiary/aromatic N) is 4. The number of hydrogen-bond acceptors (Lipinski definition) is 3. The smallest absolute Gasteiger partial charge is 0.255 e. The molecular weight excluding hydrogens is 336 g/mol. The van der Waals surface area contributed by atoms with Crippen LogP contribution in [0.1, 0.15) is 54.4 Å². The molecule has 5 nitrogen and oxygen atoms in total. The van der Waals surface area contributed by atoms with E-state index in [-0.39, 0.29) is 5.91 Å². The fourth-order valence-corrected chi connectivity index (χ4v) is 4.27. The molecule has 5 heteroatoms. The lowest BCUT2D eigenvalue weighted by Crippen LogP contribution is -2.40. The molecule has 27 heavy (non-hydrogen) atoms. The SMILES string of the molecule is O=C(c1cnc2c(cnn2Cc2ccccc2)c1)N(C1CCCC1)C1CC1. The molecule has 0 bridgehead atoms. The highest BCUT2D eigenvalue weighted by Crippen LogP contribution is 2.35. The molecule has 1 aromatic carbocycles. The van der Waals surface area contributed by atoms with Gasteiger partial charge in [-0.1, -0.05) is 43.2 Å². The standard InChI is InChI=1S/C22H24N4O/c27-22(26(20-10-11-20)19-8-4-5-9-19)18-12-17-14-24-25(21(17)23-13-18)15-16-6-2-1-3-7-16/h1-3,6-7,12-14,19-20H,4-5,8-11,15H2. The van der Waals surface area contributed by atoms with Gasteiger partial charge in [-0.2, -0.15) is 5.10 Å². The molecule has 2 aliphatic rings. The Kier molecular flexibility index (Phi) is 4.15. The maximum atomic E-state index is 13.2. The quantitative estimate of drug-likeness (QED) is 0.690. The lowest BCUT2D eigenvalue weighted by Gasteiger charge is -2.29.